The van der Waals surface area contributed by atoms with Gasteiger partial charge in [0.05, 0.1) is 11.7 Å². The lowest BCUT2D eigenvalue weighted by molar-refractivity contribution is -0.137. The molecule has 1 aromatic rings. The van der Waals surface area contributed by atoms with E-state index in [4.69, 9.17) is 0 Å². The highest BCUT2D eigenvalue weighted by atomic mass is 19.4. The molecular weight excluding hydrogens is 415 g/mol. The van der Waals surface area contributed by atoms with Crippen molar-refractivity contribution < 1.29 is 27.1 Å². The van der Waals surface area contributed by atoms with Crippen LogP contribution in [-0.4, -0.2) is 42.3 Å². The van der Waals surface area contributed by atoms with Gasteiger partial charge in [0, 0.05) is 30.6 Å². The maximum absolute atomic E-state index is 13.8. The molecule has 3 rings (SSSR count). The number of hydrogen-bond donors (Lipinski definition) is 2. The molecule has 0 amide bonds. The molecule has 2 atom stereocenters. The third-order valence-electron chi connectivity index (χ3n) is 5.89. The van der Waals surface area contributed by atoms with Crippen LogP contribution in [0.15, 0.2) is 42.0 Å². The Morgan fingerprint density at radius 1 is 1.10 bits per heavy atom. The highest BCUT2D eigenvalue weighted by Gasteiger charge is 2.34. The van der Waals surface area contributed by atoms with Gasteiger partial charge in [-0.25, -0.2) is 8.78 Å². The summed E-state index contributed by atoms with van der Waals surface area (Å²) in [5.41, 5.74) is -0.733. The van der Waals surface area contributed by atoms with Crippen molar-refractivity contribution in [1.29, 1.82) is 0 Å². The Hall–Kier alpha value is -1.93. The average Bonchev–Trinajstić information content (AvgIpc) is 3.21. The van der Waals surface area contributed by atoms with E-state index in [1.54, 1.807) is 6.08 Å². The number of halogens is 5. The number of aliphatic hydroxyl groups is 1. The van der Waals surface area contributed by atoms with E-state index >= 15 is 0 Å². The SMILES string of the molecule is CC(F)(F)c1cc(NCC(CCN2CCCC2)C2=CCC(O)C=C2)cc(C(F)(F)F)c1. The number of hydrogen-bond acceptors (Lipinski definition) is 3. The molecule has 31 heavy (non-hydrogen) atoms. The van der Waals surface area contributed by atoms with Gasteiger partial charge in [-0.2, -0.15) is 13.2 Å². The van der Waals surface area contributed by atoms with Crippen molar-refractivity contribution in [3.05, 3.63) is 53.1 Å². The number of rotatable bonds is 8. The summed E-state index contributed by atoms with van der Waals surface area (Å²) in [5, 5.41) is 12.7. The minimum absolute atomic E-state index is 0.00974. The summed E-state index contributed by atoms with van der Waals surface area (Å²) in [6.07, 6.45) is 3.85. The fraction of sp³-hybridized carbons (Fsp3) is 0.565. The molecule has 0 bridgehead atoms. The fourth-order valence-electron chi connectivity index (χ4n) is 4.05. The van der Waals surface area contributed by atoms with Crippen LogP contribution in [0.25, 0.3) is 0 Å². The second-order valence-corrected chi connectivity index (χ2v) is 8.47. The monoisotopic (exact) mass is 444 g/mol. The summed E-state index contributed by atoms with van der Waals surface area (Å²) < 4.78 is 67.3. The van der Waals surface area contributed by atoms with Gasteiger partial charge in [0.25, 0.3) is 5.92 Å². The largest absolute Gasteiger partial charge is 0.416 e. The Bertz CT molecular complexity index is 775. The first-order chi connectivity index (χ1) is 14.5. The van der Waals surface area contributed by atoms with E-state index in [0.717, 1.165) is 56.6 Å². The van der Waals surface area contributed by atoms with E-state index in [1.807, 2.05) is 12.2 Å². The summed E-state index contributed by atoms with van der Waals surface area (Å²) in [6.45, 7) is 3.85. The number of nitrogens with zero attached hydrogens (tertiary/aromatic N) is 1. The lowest BCUT2D eigenvalue weighted by atomic mass is 9.90. The minimum Gasteiger partial charge on any atom is -0.389 e. The number of anilines is 1. The standard InChI is InChI=1S/C23H29F5N2O/c1-22(24,25)18-12-19(23(26,27)28)14-20(13-18)29-15-17(8-11-30-9-2-3-10-30)16-4-6-21(31)7-5-16/h4-6,12-14,17,21,29,31H,2-3,7-11,15H2,1H3. The highest BCUT2D eigenvalue weighted by molar-refractivity contribution is 5.51. The number of likely N-dealkylation sites (tertiary alicyclic amines) is 1. The second kappa shape index (κ2) is 9.69. The molecule has 3 nitrogen and oxygen atoms in total. The van der Waals surface area contributed by atoms with Crippen LogP contribution in [0.1, 0.15) is 43.7 Å². The van der Waals surface area contributed by atoms with Crippen molar-refractivity contribution in [2.75, 3.05) is 31.5 Å². The molecule has 1 fully saturated rings. The first kappa shape index (κ1) is 23.7. The van der Waals surface area contributed by atoms with Gasteiger partial charge in [0.15, 0.2) is 0 Å². The molecule has 0 spiro atoms. The van der Waals surface area contributed by atoms with Gasteiger partial charge in [-0.15, -0.1) is 0 Å². The Morgan fingerprint density at radius 3 is 2.35 bits per heavy atom. The van der Waals surface area contributed by atoms with E-state index < -0.39 is 29.3 Å². The molecule has 2 aliphatic rings. The molecular formula is C23H29F5N2O. The number of alkyl halides is 5. The van der Waals surface area contributed by atoms with Gasteiger partial charge in [-0.3, -0.25) is 0 Å². The smallest absolute Gasteiger partial charge is 0.389 e. The number of aliphatic hydroxyl groups excluding tert-OH is 1. The lowest BCUT2D eigenvalue weighted by Gasteiger charge is -2.25. The quantitative estimate of drug-likeness (QED) is 0.514. The van der Waals surface area contributed by atoms with Crippen molar-refractivity contribution in [3.8, 4) is 0 Å². The van der Waals surface area contributed by atoms with Crippen LogP contribution in [0.4, 0.5) is 27.6 Å². The van der Waals surface area contributed by atoms with Crippen LogP contribution >= 0.6 is 0 Å². The molecule has 1 aromatic carbocycles. The average molecular weight is 444 g/mol. The van der Waals surface area contributed by atoms with E-state index in [0.29, 0.717) is 26.0 Å². The molecule has 172 valence electrons. The molecule has 2 N–H and O–H groups in total. The molecule has 0 saturated carbocycles. The minimum atomic E-state index is -4.71. The van der Waals surface area contributed by atoms with Crippen LogP contribution < -0.4 is 5.32 Å². The summed E-state index contributed by atoms with van der Waals surface area (Å²) in [6, 6.07) is 2.47. The predicted molar refractivity (Wildman–Crippen MR) is 111 cm³/mol. The zero-order chi connectivity index (χ0) is 22.6. The van der Waals surface area contributed by atoms with E-state index in [-0.39, 0.29) is 11.6 Å². The van der Waals surface area contributed by atoms with Crippen LogP contribution in [0.2, 0.25) is 0 Å². The van der Waals surface area contributed by atoms with Gasteiger partial charge in [-0.05, 0) is 69.1 Å². The third-order valence-corrected chi connectivity index (χ3v) is 5.89. The fourth-order valence-corrected chi connectivity index (χ4v) is 4.05. The maximum atomic E-state index is 13.8. The van der Waals surface area contributed by atoms with E-state index in [9.17, 15) is 27.1 Å². The maximum Gasteiger partial charge on any atom is 0.416 e. The first-order valence-electron chi connectivity index (χ1n) is 10.7. The Kier molecular flexibility index (Phi) is 7.42. The molecule has 8 heteroatoms. The van der Waals surface area contributed by atoms with E-state index in [1.165, 1.54) is 0 Å². The Morgan fingerprint density at radius 2 is 1.77 bits per heavy atom. The lowest BCUT2D eigenvalue weighted by Crippen LogP contribution is -2.26. The van der Waals surface area contributed by atoms with Crippen molar-refractivity contribution in [2.24, 2.45) is 5.92 Å². The number of nitrogens with one attached hydrogen (secondary N) is 1. The highest BCUT2D eigenvalue weighted by Crippen LogP contribution is 2.37. The van der Waals surface area contributed by atoms with Crippen LogP contribution in [0.5, 0.6) is 0 Å². The second-order valence-electron chi connectivity index (χ2n) is 8.47. The van der Waals surface area contributed by atoms with Gasteiger partial charge in [0.2, 0.25) is 0 Å². The van der Waals surface area contributed by atoms with Crippen LogP contribution in [0, 0.1) is 5.92 Å². The third kappa shape index (κ3) is 6.77. The molecule has 1 heterocycles. The predicted octanol–water partition coefficient (Wildman–Crippen LogP) is 5.58. The normalized spacial score (nSPS) is 21.3. The van der Waals surface area contributed by atoms with Crippen molar-refractivity contribution in [2.45, 2.75) is 50.8 Å². The molecule has 1 aliphatic carbocycles. The first-order valence-corrected chi connectivity index (χ1v) is 10.7. The summed E-state index contributed by atoms with van der Waals surface area (Å²) in [5.74, 6) is -3.39. The van der Waals surface area contributed by atoms with Gasteiger partial charge in [0.1, 0.15) is 0 Å². The van der Waals surface area contributed by atoms with Gasteiger partial charge in [-0.1, -0.05) is 18.2 Å². The van der Waals surface area contributed by atoms with Crippen molar-refractivity contribution in [1.82, 2.24) is 4.90 Å². The summed E-state index contributed by atoms with van der Waals surface area (Å²) in [4.78, 5) is 2.36. The van der Waals surface area contributed by atoms with Crippen LogP contribution in [-0.2, 0) is 12.1 Å². The van der Waals surface area contributed by atoms with Gasteiger partial charge >= 0.3 is 6.18 Å². The van der Waals surface area contributed by atoms with Gasteiger partial charge < -0.3 is 15.3 Å². The Balaban J connectivity index is 1.77. The molecule has 2 unspecified atom stereocenters. The molecule has 1 saturated heterocycles. The van der Waals surface area contributed by atoms with Crippen molar-refractivity contribution >= 4 is 5.69 Å². The summed E-state index contributed by atoms with van der Waals surface area (Å²) in [7, 11) is 0. The Labute approximate surface area is 179 Å². The number of allylic oxidation sites excluding steroid dienone is 1. The topological polar surface area (TPSA) is 35.5 Å². The molecule has 0 aromatic heterocycles. The zero-order valence-corrected chi connectivity index (χ0v) is 17.6. The van der Waals surface area contributed by atoms with E-state index in [2.05, 4.69) is 10.2 Å². The zero-order valence-electron chi connectivity index (χ0n) is 17.6. The van der Waals surface area contributed by atoms with Crippen molar-refractivity contribution in [3.63, 3.8) is 0 Å². The molecule has 0 radical (unpaired) electrons. The van der Waals surface area contributed by atoms with Crippen LogP contribution in [0.3, 0.4) is 0 Å². The summed E-state index contributed by atoms with van der Waals surface area (Å²) >= 11 is 0. The number of benzene rings is 1. The molecule has 1 aliphatic heterocycles.